The van der Waals surface area contributed by atoms with Gasteiger partial charge in [-0.3, -0.25) is 0 Å². The summed E-state index contributed by atoms with van der Waals surface area (Å²) in [6, 6.07) is 0.845. The lowest BCUT2D eigenvalue weighted by Gasteiger charge is -2.40. The van der Waals surface area contributed by atoms with Crippen molar-refractivity contribution in [3.05, 3.63) is 0 Å². The van der Waals surface area contributed by atoms with Crippen molar-refractivity contribution >= 4 is 0 Å². The van der Waals surface area contributed by atoms with Crippen LogP contribution in [0.5, 0.6) is 0 Å². The zero-order chi connectivity index (χ0) is 9.90. The fraction of sp³-hybridized carbons (Fsp3) is 1.00. The van der Waals surface area contributed by atoms with Crippen molar-refractivity contribution in [3.63, 3.8) is 0 Å². The molecule has 0 aromatic carbocycles. The van der Waals surface area contributed by atoms with Crippen LogP contribution in [0, 0.1) is 5.41 Å². The van der Waals surface area contributed by atoms with Crippen LogP contribution >= 0.6 is 0 Å². The Labute approximate surface area is 82.5 Å². The zero-order valence-electron chi connectivity index (χ0n) is 9.34. The fourth-order valence-corrected chi connectivity index (χ4v) is 1.88. The van der Waals surface area contributed by atoms with Crippen molar-refractivity contribution in [2.75, 3.05) is 20.1 Å². The SMILES string of the molecule is CCC(C)(CN)CN(C)C1CCC1. The van der Waals surface area contributed by atoms with E-state index in [1.807, 2.05) is 0 Å². The lowest BCUT2D eigenvalue weighted by Crippen LogP contribution is -2.45. The smallest absolute Gasteiger partial charge is 0.00924 e. The molecular formula is C11H24N2. The summed E-state index contributed by atoms with van der Waals surface area (Å²) in [5.41, 5.74) is 6.12. The second kappa shape index (κ2) is 4.43. The molecule has 0 bridgehead atoms. The highest BCUT2D eigenvalue weighted by Crippen LogP contribution is 2.28. The second-order valence-corrected chi connectivity index (χ2v) is 4.87. The van der Waals surface area contributed by atoms with Crippen LogP contribution in [0.15, 0.2) is 0 Å². The van der Waals surface area contributed by atoms with Gasteiger partial charge in [0.2, 0.25) is 0 Å². The van der Waals surface area contributed by atoms with E-state index in [2.05, 4.69) is 25.8 Å². The van der Waals surface area contributed by atoms with Gasteiger partial charge in [0.1, 0.15) is 0 Å². The Kier molecular flexibility index (Phi) is 3.74. The van der Waals surface area contributed by atoms with E-state index in [1.165, 1.54) is 25.7 Å². The number of hydrogen-bond donors (Lipinski definition) is 1. The first-order chi connectivity index (χ1) is 6.11. The number of hydrogen-bond acceptors (Lipinski definition) is 2. The molecule has 0 aromatic heterocycles. The first kappa shape index (κ1) is 11.0. The minimum Gasteiger partial charge on any atom is -0.330 e. The van der Waals surface area contributed by atoms with Crippen LogP contribution in [0.1, 0.15) is 39.5 Å². The Hall–Kier alpha value is -0.0800. The number of nitrogens with zero attached hydrogens (tertiary/aromatic N) is 1. The molecule has 1 aliphatic carbocycles. The van der Waals surface area contributed by atoms with E-state index in [1.54, 1.807) is 0 Å². The molecule has 1 atom stereocenters. The summed E-state index contributed by atoms with van der Waals surface area (Å²) < 4.78 is 0. The van der Waals surface area contributed by atoms with Crippen molar-refractivity contribution in [1.82, 2.24) is 4.90 Å². The third-order valence-electron chi connectivity index (χ3n) is 3.68. The number of rotatable bonds is 5. The first-order valence-corrected chi connectivity index (χ1v) is 5.51. The van der Waals surface area contributed by atoms with Crippen LogP contribution in [0.25, 0.3) is 0 Å². The van der Waals surface area contributed by atoms with Crippen molar-refractivity contribution < 1.29 is 0 Å². The molecule has 1 rings (SSSR count). The molecule has 0 amide bonds. The van der Waals surface area contributed by atoms with E-state index >= 15 is 0 Å². The van der Waals surface area contributed by atoms with E-state index < -0.39 is 0 Å². The standard InChI is InChI=1S/C11H24N2/c1-4-11(2,8-12)9-13(3)10-6-5-7-10/h10H,4-9,12H2,1-3H3. The highest BCUT2D eigenvalue weighted by molar-refractivity contribution is 4.83. The van der Waals surface area contributed by atoms with E-state index in [9.17, 15) is 0 Å². The van der Waals surface area contributed by atoms with Gasteiger partial charge >= 0.3 is 0 Å². The van der Waals surface area contributed by atoms with E-state index in [0.29, 0.717) is 5.41 Å². The predicted molar refractivity (Wildman–Crippen MR) is 57.7 cm³/mol. The van der Waals surface area contributed by atoms with E-state index in [0.717, 1.165) is 19.1 Å². The minimum atomic E-state index is 0.324. The maximum absolute atomic E-state index is 5.80. The topological polar surface area (TPSA) is 29.3 Å². The summed E-state index contributed by atoms with van der Waals surface area (Å²) in [5, 5.41) is 0. The van der Waals surface area contributed by atoms with Gasteiger partial charge in [-0.05, 0) is 38.3 Å². The molecule has 1 saturated carbocycles. The second-order valence-electron chi connectivity index (χ2n) is 4.87. The Morgan fingerprint density at radius 1 is 1.46 bits per heavy atom. The summed E-state index contributed by atoms with van der Waals surface area (Å²) in [6.45, 7) is 6.49. The molecule has 1 fully saturated rings. The quantitative estimate of drug-likeness (QED) is 0.706. The monoisotopic (exact) mass is 184 g/mol. The molecule has 0 aliphatic heterocycles. The third kappa shape index (κ3) is 2.68. The van der Waals surface area contributed by atoms with Gasteiger partial charge in [-0.2, -0.15) is 0 Å². The predicted octanol–water partition coefficient (Wildman–Crippen LogP) is 1.85. The first-order valence-electron chi connectivity index (χ1n) is 5.51. The molecule has 2 N–H and O–H groups in total. The zero-order valence-corrected chi connectivity index (χ0v) is 9.34. The lowest BCUT2D eigenvalue weighted by molar-refractivity contribution is 0.102. The fourth-order valence-electron chi connectivity index (χ4n) is 1.88. The van der Waals surface area contributed by atoms with Gasteiger partial charge in [0.25, 0.3) is 0 Å². The summed E-state index contributed by atoms with van der Waals surface area (Å²) in [5.74, 6) is 0. The highest BCUT2D eigenvalue weighted by Gasteiger charge is 2.28. The molecule has 0 radical (unpaired) electrons. The van der Waals surface area contributed by atoms with Gasteiger partial charge in [0, 0.05) is 12.6 Å². The van der Waals surface area contributed by atoms with E-state index in [-0.39, 0.29) is 0 Å². The number of nitrogens with two attached hydrogens (primary N) is 1. The molecule has 0 spiro atoms. The van der Waals surface area contributed by atoms with Gasteiger partial charge in [-0.15, -0.1) is 0 Å². The summed E-state index contributed by atoms with van der Waals surface area (Å²) >= 11 is 0. The van der Waals surface area contributed by atoms with Gasteiger partial charge in [-0.1, -0.05) is 20.3 Å². The minimum absolute atomic E-state index is 0.324. The van der Waals surface area contributed by atoms with Gasteiger partial charge < -0.3 is 10.6 Å². The Morgan fingerprint density at radius 3 is 2.38 bits per heavy atom. The van der Waals surface area contributed by atoms with Crippen LogP contribution < -0.4 is 5.73 Å². The van der Waals surface area contributed by atoms with Crippen molar-refractivity contribution in [2.24, 2.45) is 11.1 Å². The Balaban J connectivity index is 2.35. The normalized spacial score (nSPS) is 22.8. The van der Waals surface area contributed by atoms with Crippen LogP contribution in [0.2, 0.25) is 0 Å². The summed E-state index contributed by atoms with van der Waals surface area (Å²) in [7, 11) is 2.24. The van der Waals surface area contributed by atoms with Gasteiger partial charge in [0.15, 0.2) is 0 Å². The molecule has 1 unspecified atom stereocenters. The molecule has 78 valence electrons. The Bertz CT molecular complexity index is 148. The maximum Gasteiger partial charge on any atom is 0.00924 e. The molecule has 13 heavy (non-hydrogen) atoms. The molecule has 1 aliphatic rings. The molecule has 0 heterocycles. The third-order valence-corrected chi connectivity index (χ3v) is 3.68. The summed E-state index contributed by atoms with van der Waals surface area (Å²) in [6.07, 6.45) is 5.38. The Morgan fingerprint density at radius 2 is 2.08 bits per heavy atom. The van der Waals surface area contributed by atoms with Crippen LogP contribution in [0.4, 0.5) is 0 Å². The van der Waals surface area contributed by atoms with E-state index in [4.69, 9.17) is 5.73 Å². The average molecular weight is 184 g/mol. The van der Waals surface area contributed by atoms with Crippen molar-refractivity contribution in [3.8, 4) is 0 Å². The van der Waals surface area contributed by atoms with Gasteiger partial charge in [-0.25, -0.2) is 0 Å². The molecule has 2 nitrogen and oxygen atoms in total. The highest BCUT2D eigenvalue weighted by atomic mass is 15.1. The largest absolute Gasteiger partial charge is 0.330 e. The van der Waals surface area contributed by atoms with Crippen LogP contribution in [0.3, 0.4) is 0 Å². The average Bonchev–Trinajstić information content (AvgIpc) is 2.01. The van der Waals surface area contributed by atoms with Crippen molar-refractivity contribution in [1.29, 1.82) is 0 Å². The van der Waals surface area contributed by atoms with Gasteiger partial charge in [0.05, 0.1) is 0 Å². The summed E-state index contributed by atoms with van der Waals surface area (Å²) in [4.78, 5) is 2.50. The molecular weight excluding hydrogens is 160 g/mol. The maximum atomic E-state index is 5.80. The molecule has 0 aromatic rings. The lowest BCUT2D eigenvalue weighted by atomic mass is 9.84. The van der Waals surface area contributed by atoms with Crippen molar-refractivity contribution in [2.45, 2.75) is 45.6 Å². The van der Waals surface area contributed by atoms with Crippen LogP contribution in [-0.2, 0) is 0 Å². The molecule has 2 heteroatoms. The molecule has 0 saturated heterocycles. The van der Waals surface area contributed by atoms with Crippen LogP contribution in [-0.4, -0.2) is 31.1 Å².